The fraction of sp³-hybridized carbons (Fsp3) is 0.917. The highest BCUT2D eigenvalue weighted by Crippen LogP contribution is 2.22. The van der Waals surface area contributed by atoms with Crippen LogP contribution < -0.4 is 4.72 Å². The van der Waals surface area contributed by atoms with Gasteiger partial charge in [0.1, 0.15) is 0 Å². The average Bonchev–Trinajstić information content (AvgIpc) is 2.76. The lowest BCUT2D eigenvalue weighted by molar-refractivity contribution is -0.143. The molecule has 2 rings (SSSR count). The Morgan fingerprint density at radius 1 is 1.38 bits per heavy atom. The smallest absolute Gasteiger partial charge is 0.306 e. The van der Waals surface area contributed by atoms with Crippen molar-refractivity contribution in [2.75, 3.05) is 26.2 Å². The molecule has 21 heavy (non-hydrogen) atoms. The van der Waals surface area contributed by atoms with Crippen molar-refractivity contribution in [3.8, 4) is 0 Å². The summed E-state index contributed by atoms with van der Waals surface area (Å²) in [4.78, 5) is 10.9. The first-order valence-electron chi connectivity index (χ1n) is 6.99. The van der Waals surface area contributed by atoms with Crippen LogP contribution in [0.3, 0.4) is 0 Å². The number of hydrogen-bond acceptors (Lipinski definition) is 5. The molecule has 0 bridgehead atoms. The van der Waals surface area contributed by atoms with E-state index in [9.17, 15) is 13.2 Å². The standard InChI is InChI=1S/C12H22N2O6S/c1-12(2)19-8-10(20-12)7-13-21(17,18)14-5-3-9(4-6-14)11(15)16/h9-10,13H,3-8H2,1-2H3,(H,15,16). The Hall–Kier alpha value is -0.740. The molecule has 0 aliphatic carbocycles. The quantitative estimate of drug-likeness (QED) is 0.724. The molecular formula is C12H22N2O6S. The van der Waals surface area contributed by atoms with Crippen molar-refractivity contribution in [2.24, 2.45) is 5.92 Å². The summed E-state index contributed by atoms with van der Waals surface area (Å²) in [6.07, 6.45) is 0.366. The van der Waals surface area contributed by atoms with Crippen molar-refractivity contribution in [1.82, 2.24) is 9.03 Å². The Kier molecular flexibility index (Phi) is 4.89. The Morgan fingerprint density at radius 3 is 2.48 bits per heavy atom. The van der Waals surface area contributed by atoms with Crippen LogP contribution in [-0.4, -0.2) is 61.9 Å². The zero-order chi connectivity index (χ0) is 15.7. The van der Waals surface area contributed by atoms with Crippen molar-refractivity contribution in [1.29, 1.82) is 0 Å². The van der Waals surface area contributed by atoms with Crippen LogP contribution in [0.1, 0.15) is 26.7 Å². The number of aliphatic carboxylic acids is 1. The highest BCUT2D eigenvalue weighted by molar-refractivity contribution is 7.87. The molecule has 8 nitrogen and oxygen atoms in total. The lowest BCUT2D eigenvalue weighted by atomic mass is 9.99. The second-order valence-corrected chi connectivity index (χ2v) is 7.57. The number of carboxylic acid groups (broad SMARTS) is 1. The molecule has 2 heterocycles. The molecule has 2 aliphatic heterocycles. The van der Waals surface area contributed by atoms with Gasteiger partial charge in [-0.1, -0.05) is 0 Å². The number of piperidine rings is 1. The Bertz CT molecular complexity index is 484. The number of carboxylic acids is 1. The minimum atomic E-state index is -3.60. The van der Waals surface area contributed by atoms with E-state index < -0.39 is 27.9 Å². The van der Waals surface area contributed by atoms with Crippen LogP contribution in [-0.2, 0) is 24.5 Å². The van der Waals surface area contributed by atoms with Gasteiger partial charge in [0, 0.05) is 19.6 Å². The highest BCUT2D eigenvalue weighted by atomic mass is 32.2. The third-order valence-corrected chi connectivity index (χ3v) is 5.28. The fourth-order valence-electron chi connectivity index (χ4n) is 2.50. The fourth-order valence-corrected chi connectivity index (χ4v) is 3.77. The molecule has 0 spiro atoms. The summed E-state index contributed by atoms with van der Waals surface area (Å²) >= 11 is 0. The predicted molar refractivity (Wildman–Crippen MR) is 73.8 cm³/mol. The summed E-state index contributed by atoms with van der Waals surface area (Å²) in [5, 5.41) is 8.91. The topological polar surface area (TPSA) is 105 Å². The SMILES string of the molecule is CC1(C)OCC(CNS(=O)(=O)N2CCC(C(=O)O)CC2)O1. The molecule has 0 aromatic carbocycles. The first-order chi connectivity index (χ1) is 9.70. The van der Waals surface area contributed by atoms with Gasteiger partial charge in [0.2, 0.25) is 0 Å². The Labute approximate surface area is 124 Å². The van der Waals surface area contributed by atoms with Crippen molar-refractivity contribution in [2.45, 2.75) is 38.6 Å². The van der Waals surface area contributed by atoms with Gasteiger partial charge in [-0.2, -0.15) is 17.4 Å². The molecular weight excluding hydrogens is 300 g/mol. The van der Waals surface area contributed by atoms with Crippen LogP contribution in [0.15, 0.2) is 0 Å². The summed E-state index contributed by atoms with van der Waals surface area (Å²) in [6, 6.07) is 0. The number of rotatable bonds is 5. The van der Waals surface area contributed by atoms with Gasteiger partial charge in [-0.05, 0) is 26.7 Å². The maximum Gasteiger partial charge on any atom is 0.306 e. The maximum absolute atomic E-state index is 12.2. The van der Waals surface area contributed by atoms with E-state index >= 15 is 0 Å². The van der Waals surface area contributed by atoms with Gasteiger partial charge in [0.25, 0.3) is 10.2 Å². The second-order valence-electron chi connectivity index (χ2n) is 5.82. The van der Waals surface area contributed by atoms with Gasteiger partial charge < -0.3 is 14.6 Å². The molecule has 2 aliphatic rings. The van der Waals surface area contributed by atoms with Crippen LogP contribution in [0.5, 0.6) is 0 Å². The van der Waals surface area contributed by atoms with Crippen LogP contribution in [0.4, 0.5) is 0 Å². The first-order valence-corrected chi connectivity index (χ1v) is 8.43. The molecule has 9 heteroatoms. The molecule has 1 unspecified atom stereocenters. The van der Waals surface area contributed by atoms with Gasteiger partial charge in [0.15, 0.2) is 5.79 Å². The predicted octanol–water partition coefficient (Wildman–Crippen LogP) is -0.231. The number of carbonyl (C=O) groups is 1. The summed E-state index contributed by atoms with van der Waals surface area (Å²) in [5.74, 6) is -2.00. The van der Waals surface area contributed by atoms with E-state index in [2.05, 4.69) is 4.72 Å². The van der Waals surface area contributed by atoms with Crippen LogP contribution in [0.25, 0.3) is 0 Å². The van der Waals surface area contributed by atoms with E-state index in [-0.39, 0.29) is 25.7 Å². The van der Waals surface area contributed by atoms with Crippen molar-refractivity contribution in [3.05, 3.63) is 0 Å². The van der Waals surface area contributed by atoms with E-state index in [1.54, 1.807) is 13.8 Å². The second kappa shape index (κ2) is 6.17. The minimum Gasteiger partial charge on any atom is -0.481 e. The molecule has 2 N–H and O–H groups in total. The third-order valence-electron chi connectivity index (χ3n) is 3.70. The lowest BCUT2D eigenvalue weighted by Crippen LogP contribution is -2.47. The summed E-state index contributed by atoms with van der Waals surface area (Å²) in [5.41, 5.74) is 0. The molecule has 2 fully saturated rings. The van der Waals surface area contributed by atoms with Crippen molar-refractivity contribution < 1.29 is 27.8 Å². The molecule has 0 radical (unpaired) electrons. The van der Waals surface area contributed by atoms with E-state index in [0.717, 1.165) is 0 Å². The van der Waals surface area contributed by atoms with E-state index in [1.807, 2.05) is 0 Å². The number of ether oxygens (including phenoxy) is 2. The normalized spacial score (nSPS) is 27.8. The van der Waals surface area contributed by atoms with Crippen LogP contribution in [0, 0.1) is 5.92 Å². The molecule has 0 saturated carbocycles. The highest BCUT2D eigenvalue weighted by Gasteiger charge is 2.35. The average molecular weight is 322 g/mol. The van der Waals surface area contributed by atoms with Crippen LogP contribution >= 0.6 is 0 Å². The molecule has 1 atom stereocenters. The maximum atomic E-state index is 12.2. The van der Waals surface area contributed by atoms with Crippen molar-refractivity contribution >= 4 is 16.2 Å². The zero-order valence-electron chi connectivity index (χ0n) is 12.2. The third kappa shape index (κ3) is 4.36. The summed E-state index contributed by atoms with van der Waals surface area (Å²) in [6.45, 7) is 4.48. The van der Waals surface area contributed by atoms with Gasteiger partial charge in [-0.3, -0.25) is 4.79 Å². The monoisotopic (exact) mass is 322 g/mol. The Morgan fingerprint density at radius 2 is 2.00 bits per heavy atom. The number of nitrogens with zero attached hydrogens (tertiary/aromatic N) is 1. The van der Waals surface area contributed by atoms with Gasteiger partial charge in [-0.25, -0.2) is 0 Å². The van der Waals surface area contributed by atoms with Gasteiger partial charge in [0.05, 0.1) is 18.6 Å². The number of hydrogen-bond donors (Lipinski definition) is 2. The zero-order valence-corrected chi connectivity index (χ0v) is 13.1. The molecule has 0 aromatic heterocycles. The Balaban J connectivity index is 1.81. The van der Waals surface area contributed by atoms with Gasteiger partial charge >= 0.3 is 5.97 Å². The lowest BCUT2D eigenvalue weighted by Gasteiger charge is -2.29. The molecule has 2 saturated heterocycles. The van der Waals surface area contributed by atoms with Crippen LogP contribution in [0.2, 0.25) is 0 Å². The minimum absolute atomic E-state index is 0.143. The molecule has 0 amide bonds. The number of nitrogens with one attached hydrogen (secondary N) is 1. The first kappa shape index (κ1) is 16.6. The largest absolute Gasteiger partial charge is 0.481 e. The molecule has 0 aromatic rings. The van der Waals surface area contributed by atoms with E-state index in [4.69, 9.17) is 14.6 Å². The van der Waals surface area contributed by atoms with Crippen molar-refractivity contribution in [3.63, 3.8) is 0 Å². The van der Waals surface area contributed by atoms with Gasteiger partial charge in [-0.15, -0.1) is 0 Å². The van der Waals surface area contributed by atoms with E-state index in [0.29, 0.717) is 19.4 Å². The summed E-state index contributed by atoms with van der Waals surface area (Å²) in [7, 11) is -3.60. The van der Waals surface area contributed by atoms with E-state index in [1.165, 1.54) is 4.31 Å². The molecule has 122 valence electrons. The summed E-state index contributed by atoms with van der Waals surface area (Å²) < 4.78 is 39.0.